The molecule has 2 N–H and O–H groups in total. The molecule has 0 spiro atoms. The summed E-state index contributed by atoms with van der Waals surface area (Å²) in [5, 5.41) is 0. The Bertz CT molecular complexity index is 318. The van der Waals surface area contributed by atoms with Gasteiger partial charge in [-0.1, -0.05) is 0 Å². The molecular formula is C15H28N2O3S. The standard InChI is InChI=1S/C15H28N2O3S/c1-19-7-3-5-14(16)15(18)17(12-6-9-21-11-12)10-13-4-2-8-20-13/h12-14H,2-11,16H2,1H3. The van der Waals surface area contributed by atoms with Gasteiger partial charge in [0.2, 0.25) is 5.91 Å². The number of nitrogens with zero attached hydrogens (tertiary/aromatic N) is 1. The van der Waals surface area contributed by atoms with Gasteiger partial charge in [-0.2, -0.15) is 11.8 Å². The Morgan fingerprint density at radius 2 is 2.38 bits per heavy atom. The Hall–Kier alpha value is -0.300. The molecule has 0 aromatic rings. The van der Waals surface area contributed by atoms with E-state index in [1.807, 2.05) is 16.7 Å². The minimum absolute atomic E-state index is 0.0918. The third kappa shape index (κ3) is 5.13. The predicted octanol–water partition coefficient (Wildman–Crippen LogP) is 1.25. The molecule has 21 heavy (non-hydrogen) atoms. The van der Waals surface area contributed by atoms with Crippen LogP contribution in [0, 0.1) is 0 Å². The van der Waals surface area contributed by atoms with E-state index >= 15 is 0 Å². The Labute approximate surface area is 131 Å². The van der Waals surface area contributed by atoms with Crippen molar-refractivity contribution in [3.05, 3.63) is 0 Å². The molecule has 2 aliphatic heterocycles. The van der Waals surface area contributed by atoms with Crippen LogP contribution in [0.1, 0.15) is 32.1 Å². The molecule has 0 aromatic heterocycles. The third-order valence-electron chi connectivity index (χ3n) is 4.23. The van der Waals surface area contributed by atoms with E-state index in [2.05, 4.69) is 0 Å². The molecule has 2 rings (SSSR count). The first-order valence-corrected chi connectivity index (χ1v) is 9.12. The van der Waals surface area contributed by atoms with Crippen LogP contribution in [0.5, 0.6) is 0 Å². The lowest BCUT2D eigenvalue weighted by molar-refractivity contribution is -0.136. The van der Waals surface area contributed by atoms with Gasteiger partial charge in [-0.3, -0.25) is 4.79 Å². The van der Waals surface area contributed by atoms with Gasteiger partial charge in [-0.25, -0.2) is 0 Å². The van der Waals surface area contributed by atoms with Crippen LogP contribution in [0.2, 0.25) is 0 Å². The molecule has 2 fully saturated rings. The molecule has 2 heterocycles. The van der Waals surface area contributed by atoms with Gasteiger partial charge in [0, 0.05) is 38.7 Å². The van der Waals surface area contributed by atoms with Gasteiger partial charge in [-0.15, -0.1) is 0 Å². The molecule has 0 saturated carbocycles. The van der Waals surface area contributed by atoms with Crippen LogP contribution in [0.3, 0.4) is 0 Å². The molecule has 0 aromatic carbocycles. The average molecular weight is 316 g/mol. The fraction of sp³-hybridized carbons (Fsp3) is 0.933. The van der Waals surface area contributed by atoms with Crippen LogP contribution < -0.4 is 5.73 Å². The normalized spacial score (nSPS) is 27.0. The number of ether oxygens (including phenoxy) is 2. The fourth-order valence-electron chi connectivity index (χ4n) is 2.98. The largest absolute Gasteiger partial charge is 0.385 e. The van der Waals surface area contributed by atoms with Gasteiger partial charge < -0.3 is 20.1 Å². The van der Waals surface area contributed by atoms with E-state index < -0.39 is 6.04 Å². The Morgan fingerprint density at radius 3 is 3.00 bits per heavy atom. The lowest BCUT2D eigenvalue weighted by Gasteiger charge is -2.32. The Morgan fingerprint density at radius 1 is 1.52 bits per heavy atom. The lowest BCUT2D eigenvalue weighted by atomic mass is 10.1. The van der Waals surface area contributed by atoms with Crippen molar-refractivity contribution >= 4 is 17.7 Å². The summed E-state index contributed by atoms with van der Waals surface area (Å²) in [4.78, 5) is 14.7. The van der Waals surface area contributed by atoms with Gasteiger partial charge in [-0.05, 0) is 37.9 Å². The van der Waals surface area contributed by atoms with Crippen LogP contribution in [0.25, 0.3) is 0 Å². The second-order valence-corrected chi connectivity index (χ2v) is 7.03. The molecule has 3 atom stereocenters. The molecule has 5 nitrogen and oxygen atoms in total. The van der Waals surface area contributed by atoms with E-state index in [0.29, 0.717) is 25.6 Å². The van der Waals surface area contributed by atoms with Crippen LogP contribution in [-0.4, -0.2) is 67.4 Å². The molecule has 1 amide bonds. The minimum Gasteiger partial charge on any atom is -0.385 e. The zero-order chi connectivity index (χ0) is 15.1. The summed E-state index contributed by atoms with van der Waals surface area (Å²) in [7, 11) is 1.67. The second kappa shape index (κ2) is 8.98. The number of rotatable bonds is 8. The first-order valence-electron chi connectivity index (χ1n) is 7.96. The van der Waals surface area contributed by atoms with Crippen LogP contribution >= 0.6 is 11.8 Å². The van der Waals surface area contributed by atoms with Crippen molar-refractivity contribution in [3.8, 4) is 0 Å². The fourth-order valence-corrected chi connectivity index (χ4v) is 4.20. The maximum atomic E-state index is 12.7. The van der Waals surface area contributed by atoms with Crippen molar-refractivity contribution in [1.29, 1.82) is 0 Å². The number of methoxy groups -OCH3 is 1. The average Bonchev–Trinajstić information content (AvgIpc) is 3.17. The molecular weight excluding hydrogens is 288 g/mol. The highest BCUT2D eigenvalue weighted by Gasteiger charge is 2.32. The van der Waals surface area contributed by atoms with Crippen LogP contribution in [-0.2, 0) is 14.3 Å². The molecule has 2 aliphatic rings. The lowest BCUT2D eigenvalue weighted by Crippen LogP contribution is -2.51. The zero-order valence-corrected chi connectivity index (χ0v) is 13.8. The third-order valence-corrected chi connectivity index (χ3v) is 5.38. The number of nitrogens with two attached hydrogens (primary N) is 1. The van der Waals surface area contributed by atoms with E-state index in [1.165, 1.54) is 0 Å². The van der Waals surface area contributed by atoms with Crippen molar-refractivity contribution < 1.29 is 14.3 Å². The van der Waals surface area contributed by atoms with Gasteiger partial charge in [0.25, 0.3) is 0 Å². The highest BCUT2D eigenvalue weighted by atomic mass is 32.2. The first kappa shape index (κ1) is 17.1. The first-order chi connectivity index (χ1) is 10.2. The monoisotopic (exact) mass is 316 g/mol. The predicted molar refractivity (Wildman–Crippen MR) is 85.5 cm³/mol. The van der Waals surface area contributed by atoms with E-state index in [0.717, 1.165) is 43.8 Å². The number of carbonyl (C=O) groups is 1. The summed E-state index contributed by atoms with van der Waals surface area (Å²) in [6, 6.07) is -0.0765. The number of thioether (sulfide) groups is 1. The molecule has 0 radical (unpaired) electrons. The van der Waals surface area contributed by atoms with Crippen molar-refractivity contribution in [3.63, 3.8) is 0 Å². The number of hydrogen-bond acceptors (Lipinski definition) is 5. The number of carbonyl (C=O) groups excluding carboxylic acids is 1. The molecule has 2 saturated heterocycles. The summed E-state index contributed by atoms with van der Waals surface area (Å²) >= 11 is 1.92. The number of amides is 1. The SMILES string of the molecule is COCCCC(N)C(=O)N(CC1CCCO1)C1CCSC1. The minimum atomic E-state index is -0.410. The highest BCUT2D eigenvalue weighted by molar-refractivity contribution is 7.99. The van der Waals surface area contributed by atoms with Gasteiger partial charge in [0.05, 0.1) is 12.1 Å². The van der Waals surface area contributed by atoms with Crippen molar-refractivity contribution in [2.75, 3.05) is 38.4 Å². The van der Waals surface area contributed by atoms with Gasteiger partial charge >= 0.3 is 0 Å². The van der Waals surface area contributed by atoms with Crippen LogP contribution in [0.4, 0.5) is 0 Å². The summed E-state index contributed by atoms with van der Waals surface area (Å²) in [5.74, 6) is 2.26. The van der Waals surface area contributed by atoms with Gasteiger partial charge in [0.15, 0.2) is 0 Å². The van der Waals surface area contributed by atoms with Crippen molar-refractivity contribution in [1.82, 2.24) is 4.90 Å². The molecule has 122 valence electrons. The molecule has 3 unspecified atom stereocenters. The van der Waals surface area contributed by atoms with Crippen molar-refractivity contribution in [2.24, 2.45) is 5.73 Å². The number of hydrogen-bond donors (Lipinski definition) is 1. The topological polar surface area (TPSA) is 64.8 Å². The van der Waals surface area contributed by atoms with E-state index in [9.17, 15) is 4.79 Å². The van der Waals surface area contributed by atoms with Crippen molar-refractivity contribution in [2.45, 2.75) is 50.3 Å². The quantitative estimate of drug-likeness (QED) is 0.683. The van der Waals surface area contributed by atoms with Crippen LogP contribution in [0.15, 0.2) is 0 Å². The van der Waals surface area contributed by atoms with E-state index in [1.54, 1.807) is 7.11 Å². The summed E-state index contributed by atoms with van der Waals surface area (Å²) < 4.78 is 10.7. The summed E-state index contributed by atoms with van der Waals surface area (Å²) in [6.45, 7) is 2.19. The van der Waals surface area contributed by atoms with Gasteiger partial charge in [0.1, 0.15) is 0 Å². The second-order valence-electron chi connectivity index (χ2n) is 5.88. The molecule has 0 aliphatic carbocycles. The molecule has 0 bridgehead atoms. The molecule has 6 heteroatoms. The highest BCUT2D eigenvalue weighted by Crippen LogP contribution is 2.25. The Balaban J connectivity index is 1.90. The summed E-state index contributed by atoms with van der Waals surface area (Å²) in [5.41, 5.74) is 6.11. The Kier molecular flexibility index (Phi) is 7.29. The van der Waals surface area contributed by atoms with E-state index in [-0.39, 0.29) is 12.0 Å². The smallest absolute Gasteiger partial charge is 0.239 e. The van der Waals surface area contributed by atoms with E-state index in [4.69, 9.17) is 15.2 Å². The maximum absolute atomic E-state index is 12.7. The zero-order valence-electron chi connectivity index (χ0n) is 13.0. The summed E-state index contributed by atoms with van der Waals surface area (Å²) in [6.07, 6.45) is 4.96. The maximum Gasteiger partial charge on any atom is 0.239 e.